The molecule has 15 heteroatoms. The molecular formula is C38H48N4O11. The first-order valence-corrected chi connectivity index (χ1v) is 17.1. The van der Waals surface area contributed by atoms with Crippen LogP contribution in [0.1, 0.15) is 49.4 Å². The zero-order chi connectivity index (χ0) is 38.9. The first-order chi connectivity index (χ1) is 25.3. The van der Waals surface area contributed by atoms with Gasteiger partial charge in [-0.3, -0.25) is 19.2 Å². The van der Waals surface area contributed by atoms with Crippen LogP contribution in [0.25, 0.3) is 0 Å². The molecule has 0 aliphatic heterocycles. The lowest BCUT2D eigenvalue weighted by Gasteiger charge is -2.31. The average Bonchev–Trinajstić information content (AvgIpc) is 3.15. The molecule has 0 saturated carbocycles. The third-order valence-electron chi connectivity index (χ3n) is 8.22. The number of rotatable bonds is 20. The van der Waals surface area contributed by atoms with Crippen molar-refractivity contribution in [2.75, 3.05) is 6.61 Å². The van der Waals surface area contributed by atoms with E-state index in [0.717, 1.165) is 5.56 Å². The van der Waals surface area contributed by atoms with E-state index >= 15 is 0 Å². The third kappa shape index (κ3) is 14.0. The van der Waals surface area contributed by atoms with Crippen molar-refractivity contribution in [3.8, 4) is 0 Å². The van der Waals surface area contributed by atoms with E-state index in [1.54, 1.807) is 98.8 Å². The van der Waals surface area contributed by atoms with E-state index in [1.165, 1.54) is 0 Å². The zero-order valence-corrected chi connectivity index (χ0v) is 29.5. The fraction of sp³-hybridized carbons (Fsp3) is 0.395. The minimum atomic E-state index is -2.30. The SMILES string of the molecule is CC(C)C[C@H](NC(=O)[C@H](Cc1ccccc1)NC(=O)OCc1ccccc1)C(=O)N[C@@H](CO)[C@@H](O)[C@@H](O)[C@H](O)C(=O)N[C@@H](CC(=O)O)c1ccccc1. The van der Waals surface area contributed by atoms with Gasteiger partial charge in [0.05, 0.1) is 25.1 Å². The van der Waals surface area contributed by atoms with Gasteiger partial charge in [0.1, 0.15) is 30.9 Å². The van der Waals surface area contributed by atoms with Crippen molar-refractivity contribution in [2.24, 2.45) is 5.92 Å². The first-order valence-electron chi connectivity index (χ1n) is 17.1. The van der Waals surface area contributed by atoms with Gasteiger partial charge < -0.3 is 51.5 Å². The Bertz CT molecular complexity index is 1610. The number of ether oxygens (including phenoxy) is 1. The number of benzene rings is 3. The Kier molecular flexibility index (Phi) is 16.9. The van der Waals surface area contributed by atoms with E-state index in [1.807, 2.05) is 6.07 Å². The van der Waals surface area contributed by atoms with E-state index < -0.39 is 85.3 Å². The molecule has 286 valence electrons. The molecule has 0 bridgehead atoms. The normalized spacial score (nSPS) is 15.1. The van der Waals surface area contributed by atoms with Gasteiger partial charge in [-0.15, -0.1) is 0 Å². The minimum Gasteiger partial charge on any atom is -0.481 e. The highest BCUT2D eigenvalue weighted by molar-refractivity contribution is 5.91. The molecule has 0 fully saturated rings. The zero-order valence-electron chi connectivity index (χ0n) is 29.5. The average molecular weight is 737 g/mol. The molecule has 7 atom stereocenters. The molecule has 0 unspecified atom stereocenters. The summed E-state index contributed by atoms with van der Waals surface area (Å²) in [5, 5.41) is 61.4. The van der Waals surface area contributed by atoms with Gasteiger partial charge in [-0.25, -0.2) is 4.79 Å². The lowest BCUT2D eigenvalue weighted by Crippen LogP contribution is -2.60. The van der Waals surface area contributed by atoms with Crippen molar-refractivity contribution >= 4 is 29.8 Å². The highest BCUT2D eigenvalue weighted by Gasteiger charge is 2.38. The summed E-state index contributed by atoms with van der Waals surface area (Å²) in [6, 6.07) is 20.7. The summed E-state index contributed by atoms with van der Waals surface area (Å²) in [5.74, 6) is -4.20. The standard InChI is InChI=1S/C38H48N4O11/c1-23(2)18-28(40-36(50)29(19-24-12-6-3-7-13-24)42-38(52)53-22-25-14-8-4-9-15-25)35(49)41-30(21-43)32(46)33(47)34(48)37(51)39-27(20-31(44)45)26-16-10-5-11-17-26/h3-17,23,27-30,32-34,43,46-48H,18-22H2,1-2H3,(H,39,51)(H,40,50)(H,41,49)(H,42,52)(H,44,45)/t27-,28-,29-,30-,32+,33+,34-/m0/s1. The van der Waals surface area contributed by atoms with E-state index in [-0.39, 0.29) is 25.4 Å². The Labute approximate surface area is 307 Å². The first kappa shape index (κ1) is 42.1. The predicted octanol–water partition coefficient (Wildman–Crippen LogP) is 0.947. The van der Waals surface area contributed by atoms with Gasteiger partial charge >= 0.3 is 12.1 Å². The third-order valence-corrected chi connectivity index (χ3v) is 8.22. The molecular weight excluding hydrogens is 688 g/mol. The summed E-state index contributed by atoms with van der Waals surface area (Å²) >= 11 is 0. The topological polar surface area (TPSA) is 244 Å². The van der Waals surface area contributed by atoms with Crippen molar-refractivity contribution in [1.82, 2.24) is 21.3 Å². The molecule has 0 aliphatic carbocycles. The highest BCUT2D eigenvalue weighted by atomic mass is 16.5. The van der Waals surface area contributed by atoms with Crippen LogP contribution in [0.15, 0.2) is 91.0 Å². The summed E-state index contributed by atoms with van der Waals surface area (Å²) in [6.45, 7) is 2.58. The van der Waals surface area contributed by atoms with Crippen LogP contribution in [-0.2, 0) is 36.9 Å². The van der Waals surface area contributed by atoms with Crippen molar-refractivity contribution < 1.29 is 54.2 Å². The Morgan fingerprint density at radius 1 is 0.660 bits per heavy atom. The fourth-order valence-corrected chi connectivity index (χ4v) is 5.41. The molecule has 3 aromatic rings. The van der Waals surface area contributed by atoms with E-state index in [0.29, 0.717) is 11.1 Å². The summed E-state index contributed by atoms with van der Waals surface area (Å²) in [4.78, 5) is 64.3. The molecule has 15 nitrogen and oxygen atoms in total. The predicted molar refractivity (Wildman–Crippen MR) is 192 cm³/mol. The molecule has 0 aliphatic rings. The molecule has 0 spiro atoms. The van der Waals surface area contributed by atoms with Crippen LogP contribution in [0.5, 0.6) is 0 Å². The number of nitrogens with one attached hydrogen (secondary N) is 4. The van der Waals surface area contributed by atoms with Crippen LogP contribution in [0.3, 0.4) is 0 Å². The van der Waals surface area contributed by atoms with Gasteiger partial charge in [0, 0.05) is 6.42 Å². The molecule has 0 radical (unpaired) electrons. The molecule has 3 aromatic carbocycles. The maximum Gasteiger partial charge on any atom is 0.408 e. The highest BCUT2D eigenvalue weighted by Crippen LogP contribution is 2.18. The summed E-state index contributed by atoms with van der Waals surface area (Å²) in [6.07, 6.45) is -7.92. The van der Waals surface area contributed by atoms with E-state index in [9.17, 15) is 49.5 Å². The van der Waals surface area contributed by atoms with Gasteiger partial charge in [0.25, 0.3) is 5.91 Å². The molecule has 4 amide bonds. The van der Waals surface area contributed by atoms with Crippen molar-refractivity contribution in [2.45, 2.75) is 82.2 Å². The lowest BCUT2D eigenvalue weighted by atomic mass is 9.97. The van der Waals surface area contributed by atoms with Crippen LogP contribution in [0.2, 0.25) is 0 Å². The van der Waals surface area contributed by atoms with Crippen LogP contribution >= 0.6 is 0 Å². The van der Waals surface area contributed by atoms with Crippen molar-refractivity contribution in [3.63, 3.8) is 0 Å². The molecule has 3 rings (SSSR count). The van der Waals surface area contributed by atoms with E-state index in [4.69, 9.17) is 4.74 Å². The van der Waals surface area contributed by atoms with Gasteiger partial charge in [0.2, 0.25) is 11.8 Å². The quantitative estimate of drug-likeness (QED) is 0.0791. The van der Waals surface area contributed by atoms with Crippen LogP contribution in [0.4, 0.5) is 4.79 Å². The summed E-state index contributed by atoms with van der Waals surface area (Å²) in [7, 11) is 0. The number of carbonyl (C=O) groups excluding carboxylic acids is 4. The summed E-state index contributed by atoms with van der Waals surface area (Å²) in [5.41, 5.74) is 1.85. The van der Waals surface area contributed by atoms with Crippen LogP contribution < -0.4 is 21.3 Å². The monoisotopic (exact) mass is 736 g/mol. The van der Waals surface area contributed by atoms with Gasteiger partial charge in [-0.05, 0) is 29.0 Å². The van der Waals surface area contributed by atoms with Crippen LogP contribution in [0, 0.1) is 5.92 Å². The lowest BCUT2D eigenvalue weighted by molar-refractivity contribution is -0.145. The number of hydrogen-bond acceptors (Lipinski definition) is 10. The second-order valence-corrected chi connectivity index (χ2v) is 12.9. The largest absolute Gasteiger partial charge is 0.481 e. The Hall–Kier alpha value is -5.35. The van der Waals surface area contributed by atoms with Crippen molar-refractivity contribution in [3.05, 3.63) is 108 Å². The van der Waals surface area contributed by atoms with Crippen LogP contribution in [-0.4, -0.2) is 98.4 Å². The fourth-order valence-electron chi connectivity index (χ4n) is 5.41. The second kappa shape index (κ2) is 21.2. The number of hydrogen-bond donors (Lipinski definition) is 9. The minimum absolute atomic E-state index is 0.0465. The Morgan fingerprint density at radius 3 is 1.75 bits per heavy atom. The van der Waals surface area contributed by atoms with Gasteiger partial charge in [-0.1, -0.05) is 105 Å². The number of alkyl carbamates (subject to hydrolysis) is 1. The number of carboxylic acid groups (broad SMARTS) is 1. The Morgan fingerprint density at radius 2 is 1.21 bits per heavy atom. The summed E-state index contributed by atoms with van der Waals surface area (Å²) < 4.78 is 5.31. The maximum absolute atomic E-state index is 13.7. The molecule has 9 N–H and O–H groups in total. The molecule has 0 heterocycles. The molecule has 0 saturated heterocycles. The van der Waals surface area contributed by atoms with E-state index in [2.05, 4.69) is 21.3 Å². The maximum atomic E-state index is 13.7. The molecule has 53 heavy (non-hydrogen) atoms. The number of carboxylic acids is 1. The number of aliphatic hydroxyl groups excluding tert-OH is 4. The molecule has 0 aromatic heterocycles. The van der Waals surface area contributed by atoms with Gasteiger partial charge in [0.15, 0.2) is 6.10 Å². The van der Waals surface area contributed by atoms with Gasteiger partial charge in [-0.2, -0.15) is 0 Å². The number of carbonyl (C=O) groups is 5. The number of amides is 4. The number of aliphatic hydroxyl groups is 4. The van der Waals surface area contributed by atoms with Crippen molar-refractivity contribution in [1.29, 1.82) is 0 Å². The smallest absolute Gasteiger partial charge is 0.408 e. The Balaban J connectivity index is 1.70. The number of aliphatic carboxylic acids is 1. The second-order valence-electron chi connectivity index (χ2n) is 12.9.